The zero-order chi connectivity index (χ0) is 25.0. The van der Waals surface area contributed by atoms with Gasteiger partial charge in [0.15, 0.2) is 0 Å². The van der Waals surface area contributed by atoms with Crippen molar-refractivity contribution in [3.05, 3.63) is 0 Å². The number of aliphatic hydroxyl groups excluding tert-OH is 1. The highest BCUT2D eigenvalue weighted by Crippen LogP contribution is 2.07. The average Bonchev–Trinajstić information content (AvgIpc) is 2.70. The molecule has 0 heterocycles. The van der Waals surface area contributed by atoms with Gasteiger partial charge in [0, 0.05) is 12.8 Å². The first kappa shape index (κ1) is 28.7. The van der Waals surface area contributed by atoms with Crippen LogP contribution in [0, 0.1) is 5.92 Å². The fourth-order valence-electron chi connectivity index (χ4n) is 2.49. The summed E-state index contributed by atoms with van der Waals surface area (Å²) in [5.41, 5.74) is 10.5. The lowest BCUT2D eigenvalue weighted by atomic mass is 10.0. The van der Waals surface area contributed by atoms with E-state index in [-0.39, 0.29) is 12.8 Å². The van der Waals surface area contributed by atoms with Crippen LogP contribution in [-0.2, 0) is 28.8 Å². The molecule has 4 amide bonds. The molecule has 0 aromatic heterocycles. The van der Waals surface area contributed by atoms with Crippen LogP contribution in [0.4, 0.5) is 0 Å². The Balaban J connectivity index is 5.48. The summed E-state index contributed by atoms with van der Waals surface area (Å²) >= 11 is 0. The Labute approximate surface area is 184 Å². The third-order valence-electron chi connectivity index (χ3n) is 4.35. The highest BCUT2D eigenvalue weighted by atomic mass is 16.4. The van der Waals surface area contributed by atoms with E-state index in [9.17, 15) is 33.9 Å². The van der Waals surface area contributed by atoms with Crippen LogP contribution < -0.4 is 27.4 Å². The summed E-state index contributed by atoms with van der Waals surface area (Å²) in [5, 5.41) is 33.7. The maximum atomic E-state index is 12.7. The van der Waals surface area contributed by atoms with Gasteiger partial charge in [-0.1, -0.05) is 13.8 Å². The monoisotopic (exact) mass is 461 g/mol. The molecule has 0 radical (unpaired) electrons. The summed E-state index contributed by atoms with van der Waals surface area (Å²) < 4.78 is 0. The van der Waals surface area contributed by atoms with Gasteiger partial charge in [-0.3, -0.25) is 24.0 Å². The van der Waals surface area contributed by atoms with Gasteiger partial charge in [0.05, 0.1) is 6.61 Å². The molecule has 14 heteroatoms. The van der Waals surface area contributed by atoms with E-state index >= 15 is 0 Å². The SMILES string of the molecule is CC(C)C(NC(=O)C(N)CO)C(=O)NC(CCC(N)=O)C(=O)NC(CCC(=O)O)C(=O)O. The second kappa shape index (κ2) is 13.9. The number of carbonyl (C=O) groups is 6. The third kappa shape index (κ3) is 10.7. The van der Waals surface area contributed by atoms with Gasteiger partial charge < -0.3 is 42.7 Å². The molecule has 0 rings (SSSR count). The van der Waals surface area contributed by atoms with E-state index < -0.39 is 85.1 Å². The van der Waals surface area contributed by atoms with Crippen molar-refractivity contribution in [1.82, 2.24) is 16.0 Å². The normalized spacial score (nSPS) is 14.5. The summed E-state index contributed by atoms with van der Waals surface area (Å²) in [5.74, 6) is -6.59. The molecule has 14 nitrogen and oxygen atoms in total. The molecule has 0 aliphatic heterocycles. The number of aliphatic hydroxyl groups is 1. The highest BCUT2D eigenvalue weighted by molar-refractivity contribution is 5.94. The minimum absolute atomic E-state index is 0.271. The minimum Gasteiger partial charge on any atom is -0.481 e. The fraction of sp³-hybridized carbons (Fsp3) is 0.667. The lowest BCUT2D eigenvalue weighted by Gasteiger charge is -2.26. The number of primary amides is 1. The largest absolute Gasteiger partial charge is 0.481 e. The molecule has 182 valence electrons. The van der Waals surface area contributed by atoms with Crippen molar-refractivity contribution in [3.8, 4) is 0 Å². The molecule has 0 spiro atoms. The minimum atomic E-state index is -1.55. The first-order valence-corrected chi connectivity index (χ1v) is 9.80. The van der Waals surface area contributed by atoms with E-state index in [1.165, 1.54) is 0 Å². The van der Waals surface area contributed by atoms with Gasteiger partial charge in [0.1, 0.15) is 24.2 Å². The molecule has 4 unspecified atom stereocenters. The van der Waals surface area contributed by atoms with Crippen molar-refractivity contribution in [2.45, 2.75) is 63.7 Å². The van der Waals surface area contributed by atoms with Gasteiger partial charge in [-0.2, -0.15) is 0 Å². The quantitative estimate of drug-likeness (QED) is 0.120. The average molecular weight is 461 g/mol. The van der Waals surface area contributed by atoms with Crippen LogP contribution in [0.1, 0.15) is 39.5 Å². The molecule has 0 aromatic carbocycles. The van der Waals surface area contributed by atoms with Crippen molar-refractivity contribution in [2.75, 3.05) is 6.61 Å². The summed E-state index contributed by atoms with van der Waals surface area (Å²) in [6.07, 6.45) is -1.52. The first-order valence-electron chi connectivity index (χ1n) is 9.80. The van der Waals surface area contributed by atoms with E-state index in [0.717, 1.165) is 0 Å². The number of hydrogen-bond acceptors (Lipinski definition) is 8. The van der Waals surface area contributed by atoms with E-state index in [1.807, 2.05) is 0 Å². The summed E-state index contributed by atoms with van der Waals surface area (Å²) in [4.78, 5) is 70.4. The number of nitrogens with one attached hydrogen (secondary N) is 3. The van der Waals surface area contributed by atoms with Crippen LogP contribution in [0.5, 0.6) is 0 Å². The topological polar surface area (TPSA) is 251 Å². The van der Waals surface area contributed by atoms with E-state index in [1.54, 1.807) is 13.8 Å². The number of nitrogens with two attached hydrogens (primary N) is 2. The van der Waals surface area contributed by atoms with Gasteiger partial charge in [-0.25, -0.2) is 4.79 Å². The van der Waals surface area contributed by atoms with E-state index in [2.05, 4.69) is 16.0 Å². The third-order valence-corrected chi connectivity index (χ3v) is 4.35. The molecule has 0 fully saturated rings. The maximum Gasteiger partial charge on any atom is 0.326 e. The number of amides is 4. The van der Waals surface area contributed by atoms with Crippen molar-refractivity contribution in [3.63, 3.8) is 0 Å². The Morgan fingerprint density at radius 2 is 1.34 bits per heavy atom. The fourth-order valence-corrected chi connectivity index (χ4v) is 2.49. The van der Waals surface area contributed by atoms with Crippen molar-refractivity contribution in [2.24, 2.45) is 17.4 Å². The smallest absolute Gasteiger partial charge is 0.326 e. The maximum absolute atomic E-state index is 12.7. The number of carbonyl (C=O) groups excluding carboxylic acids is 4. The molecule has 0 aliphatic rings. The van der Waals surface area contributed by atoms with Crippen LogP contribution in [0.2, 0.25) is 0 Å². The van der Waals surface area contributed by atoms with E-state index in [0.29, 0.717) is 0 Å². The molecule has 0 aliphatic carbocycles. The number of carboxylic acid groups (broad SMARTS) is 2. The number of carboxylic acids is 2. The van der Waals surface area contributed by atoms with Gasteiger partial charge >= 0.3 is 11.9 Å². The van der Waals surface area contributed by atoms with Gasteiger partial charge in [0.25, 0.3) is 0 Å². The van der Waals surface area contributed by atoms with Crippen LogP contribution in [0.25, 0.3) is 0 Å². The van der Waals surface area contributed by atoms with Crippen molar-refractivity contribution in [1.29, 1.82) is 0 Å². The predicted molar refractivity (Wildman–Crippen MR) is 109 cm³/mol. The Morgan fingerprint density at radius 1 is 0.812 bits per heavy atom. The lowest BCUT2D eigenvalue weighted by Crippen LogP contribution is -2.58. The summed E-state index contributed by atoms with van der Waals surface area (Å²) in [7, 11) is 0. The van der Waals surface area contributed by atoms with E-state index in [4.69, 9.17) is 21.7 Å². The lowest BCUT2D eigenvalue weighted by molar-refractivity contribution is -0.143. The van der Waals surface area contributed by atoms with Crippen molar-refractivity contribution >= 4 is 35.6 Å². The summed E-state index contributed by atoms with van der Waals surface area (Å²) in [6.45, 7) is 2.54. The number of aliphatic carboxylic acids is 2. The second-order valence-corrected chi connectivity index (χ2v) is 7.42. The Morgan fingerprint density at radius 3 is 1.78 bits per heavy atom. The zero-order valence-electron chi connectivity index (χ0n) is 17.9. The molecule has 0 saturated carbocycles. The molecule has 0 bridgehead atoms. The van der Waals surface area contributed by atoms with Gasteiger partial charge in [0.2, 0.25) is 23.6 Å². The molecule has 0 saturated heterocycles. The Kier molecular flexibility index (Phi) is 12.5. The Bertz CT molecular complexity index is 713. The van der Waals surface area contributed by atoms with Gasteiger partial charge in [-0.05, 0) is 18.8 Å². The highest BCUT2D eigenvalue weighted by Gasteiger charge is 2.31. The van der Waals surface area contributed by atoms with Crippen LogP contribution in [-0.4, -0.2) is 81.7 Å². The molecule has 4 atom stereocenters. The molecular weight excluding hydrogens is 430 g/mol. The molecular formula is C18H31N5O9. The molecule has 10 N–H and O–H groups in total. The second-order valence-electron chi connectivity index (χ2n) is 7.42. The van der Waals surface area contributed by atoms with Crippen molar-refractivity contribution < 1.29 is 44.1 Å². The Hall–Kier alpha value is -3.26. The predicted octanol–water partition coefficient (Wildman–Crippen LogP) is -3.37. The molecule has 0 aromatic rings. The van der Waals surface area contributed by atoms with Gasteiger partial charge in [-0.15, -0.1) is 0 Å². The number of rotatable bonds is 15. The van der Waals surface area contributed by atoms with Crippen LogP contribution in [0.15, 0.2) is 0 Å². The summed E-state index contributed by atoms with van der Waals surface area (Å²) in [6, 6.07) is -5.38. The molecule has 32 heavy (non-hydrogen) atoms. The number of hydrogen-bond donors (Lipinski definition) is 8. The van der Waals surface area contributed by atoms with Crippen LogP contribution >= 0.6 is 0 Å². The zero-order valence-corrected chi connectivity index (χ0v) is 17.9. The standard InChI is InChI=1S/C18H31N5O9/c1-8(2)14(23-15(28)9(19)7-24)17(30)21-10(3-5-12(20)25)16(29)22-11(18(31)32)4-6-13(26)27/h8-11,14,24H,3-7,19H2,1-2H3,(H2,20,25)(H,21,30)(H,22,29)(H,23,28)(H,26,27)(H,31,32). The van der Waals surface area contributed by atoms with Crippen LogP contribution in [0.3, 0.4) is 0 Å². The first-order chi connectivity index (χ1) is 14.8.